The molecule has 0 aliphatic rings. The molecule has 0 saturated heterocycles. The Morgan fingerprint density at radius 2 is 2.40 bits per heavy atom. The summed E-state index contributed by atoms with van der Waals surface area (Å²) in [5, 5.41) is 6.92. The molecule has 0 aliphatic heterocycles. The van der Waals surface area contributed by atoms with Crippen molar-refractivity contribution >= 4 is 12.3 Å². The van der Waals surface area contributed by atoms with Gasteiger partial charge in [-0.2, -0.15) is 0 Å². The summed E-state index contributed by atoms with van der Waals surface area (Å²) in [6.07, 6.45) is 5.84. The van der Waals surface area contributed by atoms with Crippen LogP contribution in [0, 0.1) is 5.41 Å². The van der Waals surface area contributed by atoms with E-state index in [1.807, 2.05) is 0 Å². The molecule has 10 heavy (non-hydrogen) atoms. The van der Waals surface area contributed by atoms with E-state index in [-0.39, 0.29) is 0 Å². The number of nitrogens with zero attached hydrogens (tertiary/aromatic N) is 2. The Morgan fingerprint density at radius 1 is 1.60 bits per heavy atom. The van der Waals surface area contributed by atoms with Crippen molar-refractivity contribution in [1.82, 2.24) is 9.97 Å². The Kier molecular flexibility index (Phi) is 1.89. The molecule has 0 spiro atoms. The molecule has 0 bridgehead atoms. The molecule has 3 heteroatoms. The molecule has 0 fully saturated rings. The van der Waals surface area contributed by atoms with E-state index in [0.717, 1.165) is 5.56 Å². The Bertz CT molecular complexity index is 228. The minimum atomic E-state index is 0.602. The number of rotatable bonds is 2. The van der Waals surface area contributed by atoms with Crippen LogP contribution in [0.2, 0.25) is 0 Å². The standard InChI is InChI=1S/C7H7N3/c1-2-6-4-9-5-10-7(6)3-8/h2-5,8H,1H2. The van der Waals surface area contributed by atoms with Crippen molar-refractivity contribution in [2.75, 3.05) is 0 Å². The number of nitrogens with one attached hydrogen (secondary N) is 1. The molecule has 1 rings (SSSR count). The van der Waals surface area contributed by atoms with Gasteiger partial charge in [0.15, 0.2) is 0 Å². The van der Waals surface area contributed by atoms with E-state index < -0.39 is 0 Å². The zero-order valence-electron chi connectivity index (χ0n) is 5.41. The first-order valence-corrected chi connectivity index (χ1v) is 2.81. The first-order valence-electron chi connectivity index (χ1n) is 2.81. The third-order valence-electron chi connectivity index (χ3n) is 1.13. The average Bonchev–Trinajstić information content (AvgIpc) is 2.04. The lowest BCUT2D eigenvalue weighted by Gasteiger charge is -1.93. The van der Waals surface area contributed by atoms with Gasteiger partial charge in [-0.25, -0.2) is 9.97 Å². The maximum Gasteiger partial charge on any atom is 0.116 e. The predicted molar refractivity (Wildman–Crippen MR) is 40.0 cm³/mol. The third kappa shape index (κ3) is 1.07. The molecular weight excluding hydrogens is 126 g/mol. The van der Waals surface area contributed by atoms with Crippen molar-refractivity contribution < 1.29 is 0 Å². The quantitative estimate of drug-likeness (QED) is 0.614. The summed E-state index contributed by atoms with van der Waals surface area (Å²) < 4.78 is 0. The van der Waals surface area contributed by atoms with Crippen LogP contribution in [0.15, 0.2) is 19.1 Å². The highest BCUT2D eigenvalue weighted by Gasteiger charge is 1.93. The fourth-order valence-electron chi connectivity index (χ4n) is 0.628. The van der Waals surface area contributed by atoms with E-state index in [2.05, 4.69) is 16.5 Å². The molecule has 0 atom stereocenters. The lowest BCUT2D eigenvalue weighted by molar-refractivity contribution is 1.14. The molecule has 1 heterocycles. The van der Waals surface area contributed by atoms with Crippen molar-refractivity contribution in [2.45, 2.75) is 0 Å². The van der Waals surface area contributed by atoms with Crippen molar-refractivity contribution in [3.05, 3.63) is 30.4 Å². The first kappa shape index (κ1) is 6.61. The summed E-state index contributed by atoms with van der Waals surface area (Å²) in [7, 11) is 0. The Labute approximate surface area is 59.0 Å². The fourth-order valence-corrected chi connectivity index (χ4v) is 0.628. The molecule has 0 unspecified atom stereocenters. The van der Waals surface area contributed by atoms with Crippen LogP contribution in [-0.4, -0.2) is 16.2 Å². The van der Waals surface area contributed by atoms with Crippen molar-refractivity contribution in [2.24, 2.45) is 0 Å². The monoisotopic (exact) mass is 133 g/mol. The maximum atomic E-state index is 6.92. The minimum Gasteiger partial charge on any atom is -0.306 e. The van der Waals surface area contributed by atoms with Crippen LogP contribution in [-0.2, 0) is 0 Å². The fraction of sp³-hybridized carbons (Fsp3) is 0. The van der Waals surface area contributed by atoms with E-state index in [1.54, 1.807) is 12.3 Å². The summed E-state index contributed by atoms with van der Waals surface area (Å²) in [6, 6.07) is 0. The third-order valence-corrected chi connectivity index (χ3v) is 1.13. The number of hydrogen-bond donors (Lipinski definition) is 1. The zero-order chi connectivity index (χ0) is 7.40. The smallest absolute Gasteiger partial charge is 0.116 e. The van der Waals surface area contributed by atoms with Crippen LogP contribution >= 0.6 is 0 Å². The van der Waals surface area contributed by atoms with Crippen LogP contribution in [0.5, 0.6) is 0 Å². The Hall–Kier alpha value is -1.51. The van der Waals surface area contributed by atoms with Gasteiger partial charge in [-0.1, -0.05) is 12.7 Å². The van der Waals surface area contributed by atoms with Gasteiger partial charge >= 0.3 is 0 Å². The van der Waals surface area contributed by atoms with Crippen molar-refractivity contribution in [3.8, 4) is 0 Å². The van der Waals surface area contributed by atoms with Gasteiger partial charge in [0.2, 0.25) is 0 Å². The molecular formula is C7H7N3. The van der Waals surface area contributed by atoms with E-state index in [9.17, 15) is 0 Å². The molecule has 50 valence electrons. The zero-order valence-corrected chi connectivity index (χ0v) is 5.41. The predicted octanol–water partition coefficient (Wildman–Crippen LogP) is 1.12. The van der Waals surface area contributed by atoms with Crippen molar-refractivity contribution in [1.29, 1.82) is 5.41 Å². The average molecular weight is 133 g/mol. The normalized spacial score (nSPS) is 8.80. The highest BCUT2D eigenvalue weighted by atomic mass is 14.8. The first-order chi connectivity index (χ1) is 4.88. The van der Waals surface area contributed by atoms with Gasteiger partial charge in [-0.15, -0.1) is 0 Å². The molecule has 1 aromatic heterocycles. The van der Waals surface area contributed by atoms with E-state index in [0.29, 0.717) is 5.69 Å². The molecule has 0 aliphatic carbocycles. The van der Waals surface area contributed by atoms with Gasteiger partial charge in [0, 0.05) is 18.0 Å². The minimum absolute atomic E-state index is 0.602. The molecule has 0 aromatic carbocycles. The molecule has 0 amide bonds. The van der Waals surface area contributed by atoms with Crippen LogP contribution < -0.4 is 0 Å². The number of aromatic nitrogens is 2. The SMILES string of the molecule is C=Cc1cncnc1C=N. The van der Waals surface area contributed by atoms with Gasteiger partial charge in [-0.05, 0) is 0 Å². The largest absolute Gasteiger partial charge is 0.306 e. The van der Waals surface area contributed by atoms with E-state index >= 15 is 0 Å². The van der Waals surface area contributed by atoms with Gasteiger partial charge in [0.1, 0.15) is 6.33 Å². The molecule has 3 nitrogen and oxygen atoms in total. The second-order valence-electron chi connectivity index (χ2n) is 1.71. The van der Waals surface area contributed by atoms with Crippen molar-refractivity contribution in [3.63, 3.8) is 0 Å². The maximum absolute atomic E-state index is 6.92. The molecule has 0 saturated carbocycles. The van der Waals surface area contributed by atoms with Gasteiger partial charge < -0.3 is 5.41 Å². The van der Waals surface area contributed by atoms with E-state index in [4.69, 9.17) is 5.41 Å². The summed E-state index contributed by atoms with van der Waals surface area (Å²) in [6.45, 7) is 3.56. The number of hydrogen-bond acceptors (Lipinski definition) is 3. The van der Waals surface area contributed by atoms with E-state index in [1.165, 1.54) is 12.5 Å². The van der Waals surface area contributed by atoms with Gasteiger partial charge in [-0.3, -0.25) is 0 Å². The molecule has 0 radical (unpaired) electrons. The van der Waals surface area contributed by atoms with Crippen LogP contribution in [0.3, 0.4) is 0 Å². The lowest BCUT2D eigenvalue weighted by atomic mass is 10.2. The summed E-state index contributed by atoms with van der Waals surface area (Å²) in [5.41, 5.74) is 1.39. The van der Waals surface area contributed by atoms with Gasteiger partial charge in [0.05, 0.1) is 5.69 Å². The van der Waals surface area contributed by atoms with Gasteiger partial charge in [0.25, 0.3) is 0 Å². The Morgan fingerprint density at radius 3 is 2.90 bits per heavy atom. The lowest BCUT2D eigenvalue weighted by Crippen LogP contribution is -1.91. The second kappa shape index (κ2) is 2.87. The molecule has 1 N–H and O–H groups in total. The second-order valence-corrected chi connectivity index (χ2v) is 1.71. The Balaban J connectivity index is 3.20. The summed E-state index contributed by atoms with van der Waals surface area (Å²) >= 11 is 0. The highest BCUT2D eigenvalue weighted by Crippen LogP contribution is 2.00. The summed E-state index contributed by atoms with van der Waals surface area (Å²) in [5.74, 6) is 0. The summed E-state index contributed by atoms with van der Waals surface area (Å²) in [4.78, 5) is 7.62. The molecule has 1 aromatic rings. The topological polar surface area (TPSA) is 49.6 Å². The highest BCUT2D eigenvalue weighted by molar-refractivity contribution is 5.79. The van der Waals surface area contributed by atoms with Crippen LogP contribution in [0.25, 0.3) is 6.08 Å². The van der Waals surface area contributed by atoms with Crippen LogP contribution in [0.4, 0.5) is 0 Å². The van der Waals surface area contributed by atoms with Crippen LogP contribution in [0.1, 0.15) is 11.3 Å².